The molecule has 1 aromatic heterocycles. The number of carbonyl (C=O) groups excluding carboxylic acids is 2. The molecule has 2 saturated heterocycles. The topological polar surface area (TPSA) is 116 Å². The Hall–Kier alpha value is -1.35. The Morgan fingerprint density at radius 1 is 1.32 bits per heavy atom. The molecule has 2 aliphatic rings. The number of amides is 2. The van der Waals surface area contributed by atoms with Crippen molar-refractivity contribution in [3.8, 4) is 0 Å². The van der Waals surface area contributed by atoms with Crippen LogP contribution in [0.1, 0.15) is 37.8 Å². The van der Waals surface area contributed by atoms with Crippen LogP contribution < -0.4 is 5.73 Å². The Morgan fingerprint density at radius 3 is 2.64 bits per heavy atom. The summed E-state index contributed by atoms with van der Waals surface area (Å²) in [5.74, 6) is 0.195. The van der Waals surface area contributed by atoms with E-state index in [0.717, 1.165) is 37.9 Å². The predicted molar refractivity (Wildman–Crippen MR) is 111 cm³/mol. The molecule has 0 aromatic carbocycles. The fourth-order valence-corrected chi connectivity index (χ4v) is 4.04. The fourth-order valence-electron chi connectivity index (χ4n) is 4.04. The van der Waals surface area contributed by atoms with Gasteiger partial charge in [-0.2, -0.15) is 0 Å². The van der Waals surface area contributed by atoms with Crippen LogP contribution in [0.15, 0.2) is 12.5 Å². The van der Waals surface area contributed by atoms with Crippen molar-refractivity contribution >= 4 is 36.6 Å². The third kappa shape index (κ3) is 6.07. The number of H-pyrrole nitrogens is 1. The van der Waals surface area contributed by atoms with Crippen molar-refractivity contribution in [1.82, 2.24) is 19.8 Å². The summed E-state index contributed by atoms with van der Waals surface area (Å²) in [6.07, 6.45) is 6.87. The van der Waals surface area contributed by atoms with Crippen molar-refractivity contribution < 1.29 is 14.7 Å². The summed E-state index contributed by atoms with van der Waals surface area (Å²) < 4.78 is 0. The minimum absolute atomic E-state index is 0. The molecule has 3 heterocycles. The summed E-state index contributed by atoms with van der Waals surface area (Å²) in [6, 6.07) is 0. The lowest BCUT2D eigenvalue weighted by Crippen LogP contribution is -2.53. The molecular weight excluding hydrogens is 405 g/mol. The summed E-state index contributed by atoms with van der Waals surface area (Å²) >= 11 is 0. The van der Waals surface area contributed by atoms with E-state index in [2.05, 4.69) is 9.97 Å². The second kappa shape index (κ2) is 11.0. The van der Waals surface area contributed by atoms with Gasteiger partial charge in [-0.3, -0.25) is 9.59 Å². The van der Waals surface area contributed by atoms with Crippen LogP contribution >= 0.6 is 24.8 Å². The molecule has 1 unspecified atom stereocenters. The van der Waals surface area contributed by atoms with E-state index in [1.807, 2.05) is 9.80 Å². The van der Waals surface area contributed by atoms with Crippen molar-refractivity contribution in [2.24, 2.45) is 11.1 Å². The van der Waals surface area contributed by atoms with E-state index in [1.54, 1.807) is 12.5 Å². The van der Waals surface area contributed by atoms with E-state index in [9.17, 15) is 14.7 Å². The molecule has 0 radical (unpaired) electrons. The predicted octanol–water partition coefficient (Wildman–Crippen LogP) is 0.737. The molecule has 4 N–H and O–H groups in total. The number of nitrogens with one attached hydrogen (secondary N) is 1. The van der Waals surface area contributed by atoms with Crippen LogP contribution in [-0.4, -0.2) is 75.5 Å². The smallest absolute Gasteiger partial charge is 0.225 e. The third-order valence-corrected chi connectivity index (χ3v) is 5.81. The molecule has 0 aliphatic carbocycles. The van der Waals surface area contributed by atoms with E-state index in [0.29, 0.717) is 26.1 Å². The Kier molecular flexibility index (Phi) is 9.69. The maximum atomic E-state index is 12.3. The third-order valence-electron chi connectivity index (χ3n) is 5.81. The number of nitrogens with two attached hydrogens (primary N) is 1. The van der Waals surface area contributed by atoms with Crippen LogP contribution in [0.2, 0.25) is 0 Å². The van der Waals surface area contributed by atoms with Gasteiger partial charge in [0.2, 0.25) is 11.8 Å². The van der Waals surface area contributed by atoms with Gasteiger partial charge >= 0.3 is 0 Å². The standard InChI is InChI=1S/C18H29N5O3.2ClH/c19-10-15(24)9-17(26)22-7-4-18(5-8-22)3-1-16(25)23(12-18)6-2-14-11-20-13-21-14;;/h11,13,15,24H,1-10,12,19H2,(H,20,21);2*1H. The monoisotopic (exact) mass is 435 g/mol. The van der Waals surface area contributed by atoms with Crippen LogP contribution in [0.5, 0.6) is 0 Å². The molecule has 2 aliphatic heterocycles. The van der Waals surface area contributed by atoms with Gasteiger partial charge in [-0.05, 0) is 24.7 Å². The van der Waals surface area contributed by atoms with Crippen molar-refractivity contribution in [3.63, 3.8) is 0 Å². The van der Waals surface area contributed by atoms with E-state index >= 15 is 0 Å². The average Bonchev–Trinajstić information content (AvgIpc) is 3.16. The minimum atomic E-state index is -0.760. The van der Waals surface area contributed by atoms with Gasteiger partial charge < -0.3 is 25.6 Å². The molecule has 2 amide bonds. The van der Waals surface area contributed by atoms with E-state index in [4.69, 9.17) is 5.73 Å². The van der Waals surface area contributed by atoms with Gasteiger partial charge in [0.05, 0.1) is 18.9 Å². The SMILES string of the molecule is Cl.Cl.NCC(O)CC(=O)N1CCC2(CCC(=O)N(CCc3cnc[nH]3)C2)CC1. The highest BCUT2D eigenvalue weighted by Gasteiger charge is 2.41. The summed E-state index contributed by atoms with van der Waals surface area (Å²) in [4.78, 5) is 35.4. The number of aromatic nitrogens is 2. The molecule has 160 valence electrons. The van der Waals surface area contributed by atoms with Crippen molar-refractivity contribution in [3.05, 3.63) is 18.2 Å². The lowest BCUT2D eigenvalue weighted by atomic mass is 9.72. The first-order chi connectivity index (χ1) is 12.5. The molecule has 1 aromatic rings. The summed E-state index contributed by atoms with van der Waals surface area (Å²) in [6.45, 7) is 2.97. The van der Waals surface area contributed by atoms with E-state index in [-0.39, 0.29) is 55.0 Å². The zero-order valence-electron chi connectivity index (χ0n) is 16.0. The number of imidazole rings is 1. The number of carbonyl (C=O) groups is 2. The van der Waals surface area contributed by atoms with Gasteiger partial charge in [-0.1, -0.05) is 0 Å². The van der Waals surface area contributed by atoms with Gasteiger partial charge in [0.15, 0.2) is 0 Å². The molecular formula is C18H31Cl2N5O3. The first kappa shape index (κ1) is 24.7. The number of hydrogen-bond acceptors (Lipinski definition) is 5. The number of aromatic amines is 1. The number of halogens is 2. The molecule has 10 heteroatoms. The molecule has 1 spiro atoms. The number of piperidine rings is 2. The molecule has 8 nitrogen and oxygen atoms in total. The van der Waals surface area contributed by atoms with Gasteiger partial charge in [0, 0.05) is 57.5 Å². The zero-order chi connectivity index (χ0) is 18.6. The summed E-state index contributed by atoms with van der Waals surface area (Å²) in [5.41, 5.74) is 6.54. The molecule has 3 rings (SSSR count). The van der Waals surface area contributed by atoms with Gasteiger partial charge in [0.25, 0.3) is 0 Å². The highest BCUT2D eigenvalue weighted by atomic mass is 35.5. The Balaban J connectivity index is 0.00000196. The number of nitrogens with zero attached hydrogens (tertiary/aromatic N) is 3. The zero-order valence-corrected chi connectivity index (χ0v) is 17.6. The maximum Gasteiger partial charge on any atom is 0.225 e. The normalized spacial score (nSPS) is 19.7. The number of aliphatic hydroxyl groups is 1. The van der Waals surface area contributed by atoms with E-state index in [1.165, 1.54) is 0 Å². The highest BCUT2D eigenvalue weighted by Crippen LogP contribution is 2.40. The van der Waals surface area contributed by atoms with Gasteiger partial charge in [-0.15, -0.1) is 24.8 Å². The van der Waals surface area contributed by atoms with Crippen LogP contribution in [0, 0.1) is 5.41 Å². The lowest BCUT2D eigenvalue weighted by Gasteiger charge is -2.47. The number of aliphatic hydroxyl groups excluding tert-OH is 1. The number of likely N-dealkylation sites (tertiary alicyclic amines) is 2. The van der Waals surface area contributed by atoms with Crippen LogP contribution in [0.4, 0.5) is 0 Å². The summed E-state index contributed by atoms with van der Waals surface area (Å²) in [5, 5.41) is 9.58. The second-order valence-corrected chi connectivity index (χ2v) is 7.62. The Labute approximate surface area is 178 Å². The quantitative estimate of drug-likeness (QED) is 0.609. The lowest BCUT2D eigenvalue weighted by molar-refractivity contribution is -0.143. The van der Waals surface area contributed by atoms with Crippen molar-refractivity contribution in [1.29, 1.82) is 0 Å². The number of rotatable bonds is 6. The van der Waals surface area contributed by atoms with Gasteiger partial charge in [0.1, 0.15) is 0 Å². The highest BCUT2D eigenvalue weighted by molar-refractivity contribution is 5.85. The van der Waals surface area contributed by atoms with Gasteiger partial charge in [-0.25, -0.2) is 4.98 Å². The first-order valence-electron chi connectivity index (χ1n) is 9.42. The first-order valence-corrected chi connectivity index (χ1v) is 9.42. The minimum Gasteiger partial charge on any atom is -0.391 e. The Morgan fingerprint density at radius 2 is 2.04 bits per heavy atom. The Bertz CT molecular complexity index is 621. The largest absolute Gasteiger partial charge is 0.391 e. The van der Waals surface area contributed by atoms with Crippen LogP contribution in [0.3, 0.4) is 0 Å². The number of hydrogen-bond donors (Lipinski definition) is 3. The van der Waals surface area contributed by atoms with Crippen LogP contribution in [-0.2, 0) is 16.0 Å². The molecule has 28 heavy (non-hydrogen) atoms. The fraction of sp³-hybridized carbons (Fsp3) is 0.722. The van der Waals surface area contributed by atoms with Crippen molar-refractivity contribution in [2.45, 2.75) is 44.6 Å². The van der Waals surface area contributed by atoms with E-state index < -0.39 is 6.10 Å². The summed E-state index contributed by atoms with van der Waals surface area (Å²) in [7, 11) is 0. The van der Waals surface area contributed by atoms with Crippen LogP contribution in [0.25, 0.3) is 0 Å². The molecule has 1 atom stereocenters. The molecule has 0 saturated carbocycles. The average molecular weight is 436 g/mol. The molecule has 2 fully saturated rings. The second-order valence-electron chi connectivity index (χ2n) is 7.62. The van der Waals surface area contributed by atoms with Crippen molar-refractivity contribution in [2.75, 3.05) is 32.7 Å². The molecule has 0 bridgehead atoms. The maximum absolute atomic E-state index is 12.3.